The minimum atomic E-state index is -1.90. The fraction of sp³-hybridized carbons (Fsp3) is 0.300. The van der Waals surface area contributed by atoms with E-state index < -0.39 is 10.5 Å². The summed E-state index contributed by atoms with van der Waals surface area (Å²) in [5.41, 5.74) is 1.51. The lowest BCUT2D eigenvalue weighted by molar-refractivity contribution is -0.130. The minimum Gasteiger partial charge on any atom is -0.304 e. The van der Waals surface area contributed by atoms with Gasteiger partial charge in [0.2, 0.25) is 0 Å². The molecular formula is C10H8BrClFNO. The molecule has 1 aliphatic heterocycles. The monoisotopic (exact) mass is 291 g/mol. The van der Waals surface area contributed by atoms with Gasteiger partial charge in [-0.25, -0.2) is 4.39 Å². The highest BCUT2D eigenvalue weighted by atomic mass is 79.9. The van der Waals surface area contributed by atoms with Crippen molar-refractivity contribution in [1.29, 1.82) is 0 Å². The van der Waals surface area contributed by atoms with Gasteiger partial charge in [0.15, 0.2) is 0 Å². The normalized spacial score (nSPS) is 25.3. The molecule has 0 spiro atoms. The van der Waals surface area contributed by atoms with Gasteiger partial charge in [0.25, 0.3) is 10.5 Å². The van der Waals surface area contributed by atoms with Crippen LogP contribution in [0.3, 0.4) is 0 Å². The van der Waals surface area contributed by atoms with E-state index in [-0.39, 0.29) is 6.54 Å². The minimum absolute atomic E-state index is 0.0275. The summed E-state index contributed by atoms with van der Waals surface area (Å²) in [5, 5.41) is 0. The highest BCUT2D eigenvalue weighted by Gasteiger charge is 2.52. The van der Waals surface area contributed by atoms with Crippen LogP contribution in [0.25, 0.3) is 0 Å². The molecule has 5 heteroatoms. The predicted octanol–water partition coefficient (Wildman–Crippen LogP) is 2.83. The van der Waals surface area contributed by atoms with Crippen molar-refractivity contribution >= 4 is 39.1 Å². The fourth-order valence-corrected chi connectivity index (χ4v) is 2.22. The first-order valence-electron chi connectivity index (χ1n) is 4.40. The predicted molar refractivity (Wildman–Crippen MR) is 61.1 cm³/mol. The molecule has 0 N–H and O–H groups in total. The van der Waals surface area contributed by atoms with E-state index in [0.717, 1.165) is 5.56 Å². The van der Waals surface area contributed by atoms with Crippen LogP contribution in [0.5, 0.6) is 0 Å². The molecule has 80 valence electrons. The van der Waals surface area contributed by atoms with Crippen LogP contribution in [0, 0.1) is 0 Å². The highest BCUT2D eigenvalue weighted by molar-refractivity contribution is 9.10. The average molecular weight is 293 g/mol. The molecule has 1 aliphatic rings. The van der Waals surface area contributed by atoms with Crippen LogP contribution in [0.1, 0.15) is 5.56 Å². The van der Waals surface area contributed by atoms with Crippen LogP contribution < -0.4 is 4.90 Å². The Morgan fingerprint density at radius 3 is 2.73 bits per heavy atom. The van der Waals surface area contributed by atoms with E-state index >= 15 is 0 Å². The molecule has 2 nitrogen and oxygen atoms in total. The summed E-state index contributed by atoms with van der Waals surface area (Å²) in [6, 6.07) is 7.22. The standard InChI is InChI=1S/C10H8BrClFNO/c11-10(13)6-14(9(10)15)8-4-2-1-3-7(8)5-12/h1-4H,5-6H2. The summed E-state index contributed by atoms with van der Waals surface area (Å²) >= 11 is 8.46. The number of halogens is 3. The smallest absolute Gasteiger partial charge is 0.277 e. The summed E-state index contributed by atoms with van der Waals surface area (Å²) < 4.78 is 11.4. The van der Waals surface area contributed by atoms with Gasteiger partial charge in [0, 0.05) is 11.6 Å². The van der Waals surface area contributed by atoms with Crippen LogP contribution >= 0.6 is 27.5 Å². The molecule has 0 aromatic heterocycles. The number of benzene rings is 1. The maximum Gasteiger partial charge on any atom is 0.277 e. The molecule has 1 heterocycles. The number of para-hydroxylation sites is 1. The van der Waals surface area contributed by atoms with Crippen molar-refractivity contribution in [2.24, 2.45) is 0 Å². The summed E-state index contributed by atoms with van der Waals surface area (Å²) in [6.45, 7) is 0.0275. The van der Waals surface area contributed by atoms with Crippen molar-refractivity contribution in [3.63, 3.8) is 0 Å². The zero-order valence-corrected chi connectivity index (χ0v) is 10.1. The lowest BCUT2D eigenvalue weighted by Gasteiger charge is -2.40. The van der Waals surface area contributed by atoms with E-state index in [1.165, 1.54) is 4.90 Å². The van der Waals surface area contributed by atoms with Gasteiger partial charge >= 0.3 is 0 Å². The van der Waals surface area contributed by atoms with Gasteiger partial charge in [-0.1, -0.05) is 18.2 Å². The maximum absolute atomic E-state index is 13.3. The van der Waals surface area contributed by atoms with Gasteiger partial charge in [-0.3, -0.25) is 4.79 Å². The fourth-order valence-electron chi connectivity index (χ4n) is 1.53. The molecule has 0 bridgehead atoms. The second-order valence-corrected chi connectivity index (χ2v) is 4.88. The second kappa shape index (κ2) is 3.76. The molecule has 15 heavy (non-hydrogen) atoms. The number of alkyl halides is 3. The van der Waals surface area contributed by atoms with E-state index in [9.17, 15) is 9.18 Å². The van der Waals surface area contributed by atoms with Crippen LogP contribution in [-0.4, -0.2) is 17.0 Å². The van der Waals surface area contributed by atoms with E-state index in [1.807, 2.05) is 12.1 Å². The van der Waals surface area contributed by atoms with Crippen LogP contribution in [0.4, 0.5) is 10.1 Å². The lowest BCUT2D eigenvalue weighted by Crippen LogP contribution is -2.61. The summed E-state index contributed by atoms with van der Waals surface area (Å²) in [6.07, 6.45) is 0. The Hall–Kier alpha value is -0.610. The molecule has 0 aliphatic carbocycles. The molecule has 1 amide bonds. The van der Waals surface area contributed by atoms with Gasteiger partial charge in [0.1, 0.15) is 0 Å². The Morgan fingerprint density at radius 1 is 1.53 bits per heavy atom. The number of hydrogen-bond donors (Lipinski definition) is 0. The Bertz CT molecular complexity index is 410. The molecule has 1 unspecified atom stereocenters. The molecule has 1 atom stereocenters. The number of β-lactam (4-membered cyclic amide) rings is 1. The number of rotatable bonds is 2. The largest absolute Gasteiger partial charge is 0.304 e. The number of carbonyl (C=O) groups excluding carboxylic acids is 1. The second-order valence-electron chi connectivity index (χ2n) is 3.36. The van der Waals surface area contributed by atoms with Crippen molar-refractivity contribution in [3.05, 3.63) is 29.8 Å². The molecular weight excluding hydrogens is 284 g/mol. The first-order valence-corrected chi connectivity index (χ1v) is 5.72. The third kappa shape index (κ3) is 1.76. The Labute approximate surface area is 100 Å². The van der Waals surface area contributed by atoms with E-state index in [0.29, 0.717) is 11.6 Å². The Balaban J connectivity index is 2.29. The van der Waals surface area contributed by atoms with Crippen LogP contribution in [0.2, 0.25) is 0 Å². The van der Waals surface area contributed by atoms with Crippen molar-refractivity contribution < 1.29 is 9.18 Å². The first-order chi connectivity index (χ1) is 7.06. The SMILES string of the molecule is O=C1N(c2ccccc2CCl)CC1(F)Br. The summed E-state index contributed by atoms with van der Waals surface area (Å²) in [4.78, 5) is 12.8. The zero-order chi connectivity index (χ0) is 11.1. The van der Waals surface area contributed by atoms with Gasteiger partial charge in [0.05, 0.1) is 6.54 Å². The maximum atomic E-state index is 13.3. The van der Waals surface area contributed by atoms with Crippen molar-refractivity contribution in [1.82, 2.24) is 0 Å². The van der Waals surface area contributed by atoms with Gasteiger partial charge in [-0.2, -0.15) is 0 Å². The quantitative estimate of drug-likeness (QED) is 0.606. The third-order valence-corrected chi connectivity index (χ3v) is 3.22. The van der Waals surface area contributed by atoms with E-state index in [2.05, 4.69) is 15.9 Å². The number of hydrogen-bond acceptors (Lipinski definition) is 1. The van der Waals surface area contributed by atoms with Crippen molar-refractivity contribution in [2.75, 3.05) is 11.4 Å². The topological polar surface area (TPSA) is 20.3 Å². The molecule has 1 aromatic rings. The van der Waals surface area contributed by atoms with E-state index in [4.69, 9.17) is 11.6 Å². The van der Waals surface area contributed by atoms with Crippen molar-refractivity contribution in [3.8, 4) is 0 Å². The summed E-state index contributed by atoms with van der Waals surface area (Å²) in [5.74, 6) is -0.262. The molecule has 0 radical (unpaired) electrons. The van der Waals surface area contributed by atoms with Crippen LogP contribution in [0.15, 0.2) is 24.3 Å². The number of carbonyl (C=O) groups is 1. The molecule has 1 fully saturated rings. The third-order valence-electron chi connectivity index (χ3n) is 2.34. The first kappa shape index (κ1) is 10.9. The van der Waals surface area contributed by atoms with Crippen LogP contribution in [-0.2, 0) is 10.7 Å². The number of amides is 1. The number of anilines is 1. The van der Waals surface area contributed by atoms with Gasteiger partial charge in [-0.05, 0) is 27.6 Å². The zero-order valence-electron chi connectivity index (χ0n) is 7.71. The van der Waals surface area contributed by atoms with Crippen molar-refractivity contribution in [2.45, 2.75) is 10.5 Å². The molecule has 2 rings (SSSR count). The molecule has 1 aromatic carbocycles. The average Bonchev–Trinajstić information content (AvgIpc) is 2.25. The summed E-state index contributed by atoms with van der Waals surface area (Å²) in [7, 11) is 0. The van der Waals surface area contributed by atoms with Gasteiger partial charge in [-0.15, -0.1) is 11.6 Å². The van der Waals surface area contributed by atoms with E-state index in [1.54, 1.807) is 12.1 Å². The lowest BCUT2D eigenvalue weighted by atomic mass is 10.1. The molecule has 0 saturated carbocycles. The van der Waals surface area contributed by atoms with Gasteiger partial charge < -0.3 is 4.90 Å². The Morgan fingerprint density at radius 2 is 2.20 bits per heavy atom. The molecule has 1 saturated heterocycles. The highest BCUT2D eigenvalue weighted by Crippen LogP contribution is 2.38. The number of nitrogens with zero attached hydrogens (tertiary/aromatic N) is 1. The Kier molecular flexibility index (Phi) is 2.73.